The molecule has 5 aromatic rings. The number of nitrogens with two attached hydrogens (primary N) is 1. The lowest BCUT2D eigenvalue weighted by molar-refractivity contribution is 0.0494. The third-order valence-electron chi connectivity index (χ3n) is 12.9. The van der Waals surface area contributed by atoms with Crippen LogP contribution in [0.2, 0.25) is 0 Å². The van der Waals surface area contributed by atoms with Crippen LogP contribution in [0.4, 0.5) is 25.0 Å². The van der Waals surface area contributed by atoms with Gasteiger partial charge in [-0.1, -0.05) is 5.16 Å². The van der Waals surface area contributed by atoms with Crippen molar-refractivity contribution in [3.8, 4) is 17.5 Å². The molecule has 1 amide bonds. The number of benzene rings is 2. The first-order valence-electron chi connectivity index (χ1n) is 21.8. The van der Waals surface area contributed by atoms with E-state index in [0.29, 0.717) is 75.4 Å². The summed E-state index contributed by atoms with van der Waals surface area (Å²) < 4.78 is 44.3. The second kappa shape index (κ2) is 16.6. The Bertz CT molecular complexity index is 2840. The molecule has 0 radical (unpaired) electrons. The Kier molecular flexibility index (Phi) is 11.5. The van der Waals surface area contributed by atoms with Crippen molar-refractivity contribution in [3.63, 3.8) is 0 Å². The molecule has 9 rings (SSSR count). The summed E-state index contributed by atoms with van der Waals surface area (Å²) in [4.78, 5) is 55.9. The van der Waals surface area contributed by atoms with E-state index >= 15 is 8.78 Å². The molecule has 17 heteroatoms. The van der Waals surface area contributed by atoms with Gasteiger partial charge in [0.25, 0.3) is 11.1 Å². The van der Waals surface area contributed by atoms with Gasteiger partial charge >= 0.3 is 11.8 Å². The molecule has 15 nitrogen and oxygen atoms in total. The number of nitriles is 1. The highest BCUT2D eigenvalue weighted by molar-refractivity contribution is 5.97. The summed E-state index contributed by atoms with van der Waals surface area (Å²) in [5.41, 5.74) is 9.38. The predicted octanol–water partition coefficient (Wildman–Crippen LogP) is 6.70. The third-order valence-corrected chi connectivity index (χ3v) is 12.9. The molecular formula is C46H55F2N9O6. The average molecular weight is 868 g/mol. The molecule has 3 aromatic heterocycles. The zero-order chi connectivity index (χ0) is 45.2. The molecule has 0 unspecified atom stereocenters. The second-order valence-electron chi connectivity index (χ2n) is 18.8. The molecular weight excluding hydrogens is 813 g/mol. The number of hydrogen-bond donors (Lipinski definition) is 3. The van der Waals surface area contributed by atoms with E-state index in [2.05, 4.69) is 26.0 Å². The maximum Gasteiger partial charge on any atom is 0.439 e. The largest absolute Gasteiger partial charge is 0.444 e. The Labute approximate surface area is 362 Å². The van der Waals surface area contributed by atoms with E-state index in [-0.39, 0.29) is 58.4 Å². The van der Waals surface area contributed by atoms with Gasteiger partial charge in [0.1, 0.15) is 23.3 Å². The van der Waals surface area contributed by atoms with Crippen LogP contribution < -0.4 is 37.7 Å². The Hall–Kier alpha value is -6.02. The number of aromatic nitrogens is 4. The van der Waals surface area contributed by atoms with Crippen molar-refractivity contribution in [3.05, 3.63) is 83.8 Å². The number of anilines is 2. The minimum atomic E-state index is -0.725. The van der Waals surface area contributed by atoms with Gasteiger partial charge in [0.05, 0.1) is 28.0 Å². The van der Waals surface area contributed by atoms with Gasteiger partial charge in [-0.05, 0) is 122 Å². The molecule has 2 saturated heterocycles. The number of carbonyl (C=O) groups excluding carboxylic acids is 1. The van der Waals surface area contributed by atoms with Crippen LogP contribution in [0, 0.1) is 48.6 Å². The quantitative estimate of drug-likeness (QED) is 0.150. The van der Waals surface area contributed by atoms with Crippen molar-refractivity contribution < 1.29 is 22.8 Å². The lowest BCUT2D eigenvalue weighted by Gasteiger charge is -2.26. The van der Waals surface area contributed by atoms with Gasteiger partial charge < -0.3 is 34.7 Å². The van der Waals surface area contributed by atoms with E-state index in [1.807, 2.05) is 58.3 Å². The van der Waals surface area contributed by atoms with Gasteiger partial charge in [0.2, 0.25) is 0 Å². The fourth-order valence-corrected chi connectivity index (χ4v) is 9.54. The van der Waals surface area contributed by atoms with E-state index in [9.17, 15) is 24.4 Å². The van der Waals surface area contributed by atoms with Gasteiger partial charge in [-0.2, -0.15) is 5.26 Å². The highest BCUT2D eigenvalue weighted by atomic mass is 19.1. The number of hydrogen-bond acceptors (Lipinski definition) is 11. The summed E-state index contributed by atoms with van der Waals surface area (Å²) >= 11 is 0. The molecule has 5 heterocycles. The van der Waals surface area contributed by atoms with Crippen molar-refractivity contribution in [2.24, 2.45) is 17.6 Å². The first-order chi connectivity index (χ1) is 29.8. The van der Waals surface area contributed by atoms with E-state index in [1.165, 1.54) is 24.3 Å². The van der Waals surface area contributed by atoms with Crippen LogP contribution in [0.3, 0.4) is 0 Å². The molecule has 334 valence electrons. The summed E-state index contributed by atoms with van der Waals surface area (Å²) in [7, 11) is 0. The normalized spacial score (nSPS) is 19.8. The number of alkyl carbamates (subject to hydrolysis) is 1. The van der Waals surface area contributed by atoms with E-state index in [0.717, 1.165) is 45.1 Å². The minimum Gasteiger partial charge on any atom is -0.444 e. The molecule has 63 heavy (non-hydrogen) atoms. The molecule has 4 fully saturated rings. The summed E-state index contributed by atoms with van der Waals surface area (Å²) in [6, 6.07) is 7.72. The van der Waals surface area contributed by atoms with Crippen molar-refractivity contribution in [2.45, 2.75) is 117 Å². The van der Waals surface area contributed by atoms with E-state index in [1.54, 1.807) is 9.13 Å². The van der Waals surface area contributed by atoms with Crippen molar-refractivity contribution in [2.75, 3.05) is 36.0 Å². The summed E-state index contributed by atoms with van der Waals surface area (Å²) in [6.45, 7) is 15.7. The fraction of sp³-hybridized carbons (Fsp3) is 0.522. The molecule has 0 bridgehead atoms. The van der Waals surface area contributed by atoms with Crippen LogP contribution in [0.15, 0.2) is 43.2 Å². The molecule has 2 aliphatic heterocycles. The Morgan fingerprint density at radius 3 is 1.89 bits per heavy atom. The van der Waals surface area contributed by atoms with Gasteiger partial charge in [0, 0.05) is 78.8 Å². The van der Waals surface area contributed by atoms with Crippen LogP contribution in [-0.4, -0.2) is 69.2 Å². The number of H-pyrrole nitrogens is 1. The van der Waals surface area contributed by atoms with Crippen LogP contribution >= 0.6 is 0 Å². The maximum atomic E-state index is 15.4. The number of ether oxygens (including phenoxy) is 1. The molecule has 4 aliphatic rings. The number of aromatic amines is 1. The molecule has 2 saturated carbocycles. The molecule has 2 aromatic carbocycles. The lowest BCUT2D eigenvalue weighted by atomic mass is 10.0. The number of nitrogens with zero attached hydrogens (tertiary/aromatic N) is 6. The first-order valence-corrected chi connectivity index (χ1v) is 21.8. The highest BCUT2D eigenvalue weighted by Gasteiger charge is 2.35. The number of halogens is 2. The average Bonchev–Trinajstić information content (AvgIpc) is 4.07. The topological polar surface area (TPSA) is 198 Å². The fourth-order valence-electron chi connectivity index (χ4n) is 9.54. The van der Waals surface area contributed by atoms with Crippen molar-refractivity contribution in [1.82, 2.24) is 24.6 Å². The smallest absolute Gasteiger partial charge is 0.439 e. The number of fused-ring (bicyclic) bond motifs is 2. The van der Waals surface area contributed by atoms with Crippen molar-refractivity contribution >= 4 is 39.3 Å². The number of amides is 1. The maximum absolute atomic E-state index is 15.4. The highest BCUT2D eigenvalue weighted by Crippen LogP contribution is 2.43. The van der Waals surface area contributed by atoms with Crippen LogP contribution in [0.1, 0.15) is 102 Å². The van der Waals surface area contributed by atoms with Gasteiger partial charge in [-0.3, -0.25) is 19.1 Å². The Balaban J connectivity index is 0.000000173. The van der Waals surface area contributed by atoms with E-state index < -0.39 is 23.3 Å². The molecule has 4 N–H and O–H groups in total. The lowest BCUT2D eigenvalue weighted by Crippen LogP contribution is -2.42. The third kappa shape index (κ3) is 8.57. The minimum absolute atomic E-state index is 0.0408. The molecule has 4 atom stereocenters. The number of nitrogens with one attached hydrogen (secondary N) is 2. The predicted molar refractivity (Wildman–Crippen MR) is 236 cm³/mol. The van der Waals surface area contributed by atoms with Crippen LogP contribution in [-0.2, 0) is 4.74 Å². The van der Waals surface area contributed by atoms with Crippen LogP contribution in [0.25, 0.3) is 33.2 Å². The standard InChI is InChI=1S/C25H31FN4O3.C21H24FN5O3/c1-14-22-19(17(12-27)10-21(31)30(22)18-6-7-18)11-20(26)23(14)29-9-8-16(13-29)15(2)28-24(32)33-25(3,4)5;1-10-18-14(7-16(22)19(10)26-6-5-12(9-26)11(2)23)15(20-24-21(29)30-25-20)8-17(28)27(18)13-3-4-13/h10-11,15-16,18H,6-9,13H2,1-5H3,(H,28,32);7-8,11-13H,3-6,9,23H2,1-2H3,(H,24,25,29)/t15-,16+;11-,12+/m00/s1. The number of rotatable bonds is 8. The van der Waals surface area contributed by atoms with Gasteiger partial charge in [0.15, 0.2) is 5.82 Å². The SMILES string of the molecule is Cc1c(N2CC[C@@H]([C@H](C)N)C2)c(F)cc2c(-c3noc(=O)[nH]3)cc(=O)n(C3CC3)c12.Cc1c(N2CC[C@@H]([C@H](C)NC(=O)OC(C)(C)C)C2)c(F)cc2c(C#N)cc(=O)n(C3CC3)c12. The zero-order valence-electron chi connectivity index (χ0n) is 36.8. The number of carbonyl (C=O) groups is 1. The summed E-state index contributed by atoms with van der Waals surface area (Å²) in [6.07, 6.45) is 4.89. The van der Waals surface area contributed by atoms with Crippen LogP contribution in [0.5, 0.6) is 0 Å². The zero-order valence-corrected chi connectivity index (χ0v) is 36.8. The van der Waals surface area contributed by atoms with Gasteiger partial charge in [-0.25, -0.2) is 18.4 Å². The number of aryl methyl sites for hydroxylation is 2. The Morgan fingerprint density at radius 2 is 1.40 bits per heavy atom. The van der Waals surface area contributed by atoms with Crippen molar-refractivity contribution in [1.29, 1.82) is 5.26 Å². The number of pyridine rings is 2. The Morgan fingerprint density at radius 1 is 0.873 bits per heavy atom. The van der Waals surface area contributed by atoms with E-state index in [4.69, 9.17) is 10.5 Å². The van der Waals surface area contributed by atoms with Gasteiger partial charge in [-0.15, -0.1) is 0 Å². The monoisotopic (exact) mass is 867 g/mol. The molecule has 2 aliphatic carbocycles. The first kappa shape index (κ1) is 43.6. The summed E-state index contributed by atoms with van der Waals surface area (Å²) in [5, 5.41) is 17.2. The molecule has 0 spiro atoms. The second-order valence-corrected chi connectivity index (χ2v) is 18.8. The summed E-state index contributed by atoms with van der Waals surface area (Å²) in [5.74, 6) is -0.934.